The van der Waals surface area contributed by atoms with Crippen molar-refractivity contribution in [3.63, 3.8) is 0 Å². The average Bonchev–Trinajstić information content (AvgIpc) is 3.27. The van der Waals surface area contributed by atoms with Crippen LogP contribution in [0.3, 0.4) is 0 Å². The molecule has 2 saturated heterocycles. The highest BCUT2D eigenvalue weighted by Crippen LogP contribution is 2.44. The molecule has 2 aliphatic heterocycles. The minimum atomic E-state index is -4.48. The molecule has 1 aromatic rings. The summed E-state index contributed by atoms with van der Waals surface area (Å²) in [4.78, 5) is 19.3. The number of alkyl halides is 4. The van der Waals surface area contributed by atoms with Crippen molar-refractivity contribution in [3.8, 4) is 0 Å². The van der Waals surface area contributed by atoms with Crippen molar-refractivity contribution < 1.29 is 22.4 Å². The lowest BCUT2D eigenvalue weighted by Crippen LogP contribution is -2.48. The number of carbonyl (C=O) groups is 1. The lowest BCUT2D eigenvalue weighted by atomic mass is 9.96. The lowest BCUT2D eigenvalue weighted by molar-refractivity contribution is -0.141. The van der Waals surface area contributed by atoms with Gasteiger partial charge in [-0.05, 0) is 36.8 Å². The van der Waals surface area contributed by atoms with Crippen molar-refractivity contribution in [1.29, 1.82) is 0 Å². The molecule has 0 aromatic carbocycles. The second-order valence-corrected chi connectivity index (χ2v) is 7.80. The van der Waals surface area contributed by atoms with Gasteiger partial charge in [0.2, 0.25) is 5.91 Å². The third-order valence-electron chi connectivity index (χ3n) is 6.21. The number of hydrogen-bond acceptors (Lipinski definition) is 4. The van der Waals surface area contributed by atoms with Crippen molar-refractivity contribution in [2.75, 3.05) is 24.5 Å². The Labute approximate surface area is 154 Å². The number of aromatic nitrogens is 1. The van der Waals surface area contributed by atoms with E-state index in [9.17, 15) is 22.4 Å². The molecule has 3 fully saturated rings. The first kappa shape index (κ1) is 18.5. The molecule has 3 aliphatic rings. The van der Waals surface area contributed by atoms with Gasteiger partial charge in [0.1, 0.15) is 17.7 Å². The zero-order valence-electron chi connectivity index (χ0n) is 14.7. The summed E-state index contributed by atoms with van der Waals surface area (Å²) in [7, 11) is 0. The second-order valence-electron chi connectivity index (χ2n) is 7.80. The molecule has 0 spiro atoms. The first-order valence-corrected chi connectivity index (χ1v) is 9.22. The number of hydrogen-bond donors (Lipinski definition) is 1. The topological polar surface area (TPSA) is 62.5 Å². The fourth-order valence-corrected chi connectivity index (χ4v) is 5.05. The van der Waals surface area contributed by atoms with E-state index in [0.717, 1.165) is 18.9 Å². The van der Waals surface area contributed by atoms with Gasteiger partial charge in [-0.1, -0.05) is 6.07 Å². The van der Waals surface area contributed by atoms with E-state index in [1.165, 1.54) is 6.07 Å². The van der Waals surface area contributed by atoms with E-state index in [4.69, 9.17) is 5.73 Å². The smallest absolute Gasteiger partial charge is 0.368 e. The van der Waals surface area contributed by atoms with Gasteiger partial charge in [0.05, 0.1) is 6.04 Å². The van der Waals surface area contributed by atoms with Crippen LogP contribution in [0.1, 0.15) is 25.0 Å². The first-order chi connectivity index (χ1) is 12.7. The van der Waals surface area contributed by atoms with Gasteiger partial charge in [0, 0.05) is 32.1 Å². The third kappa shape index (κ3) is 3.37. The predicted octanol–water partition coefficient (Wildman–Crippen LogP) is 2.21. The summed E-state index contributed by atoms with van der Waals surface area (Å²) in [5.41, 5.74) is 4.56. The second kappa shape index (κ2) is 6.61. The Morgan fingerprint density at radius 3 is 2.67 bits per heavy atom. The summed E-state index contributed by atoms with van der Waals surface area (Å²) in [6, 6.07) is 3.36. The molecule has 1 amide bonds. The van der Waals surface area contributed by atoms with Gasteiger partial charge < -0.3 is 10.6 Å². The molecule has 0 bridgehead atoms. The van der Waals surface area contributed by atoms with Crippen LogP contribution in [-0.2, 0) is 11.0 Å². The normalized spacial score (nSPS) is 34.2. The van der Waals surface area contributed by atoms with Gasteiger partial charge in [0.15, 0.2) is 0 Å². The zero-order chi connectivity index (χ0) is 19.3. The molecular weight excluding hydrogens is 364 g/mol. The van der Waals surface area contributed by atoms with Crippen LogP contribution in [0.4, 0.5) is 23.4 Å². The van der Waals surface area contributed by atoms with Crippen LogP contribution >= 0.6 is 0 Å². The van der Waals surface area contributed by atoms with Gasteiger partial charge in [-0.15, -0.1) is 0 Å². The van der Waals surface area contributed by atoms with E-state index in [1.807, 2.05) is 9.80 Å². The SMILES string of the molecule is NC(=O)[C@@H]1C[C@@H](F)CN1[C@H]1CC[C@@H]2CN(c3cccc(C(F)(F)F)n3)C[C@@H]21. The van der Waals surface area contributed by atoms with Crippen LogP contribution < -0.4 is 10.6 Å². The summed E-state index contributed by atoms with van der Waals surface area (Å²) in [5.74, 6) is 0.286. The van der Waals surface area contributed by atoms with Crippen LogP contribution in [-0.4, -0.2) is 53.7 Å². The summed E-state index contributed by atoms with van der Waals surface area (Å²) >= 11 is 0. The standard InChI is InChI=1S/C18H22F4N4O/c19-11-6-14(17(23)27)26(8-11)13-5-4-10-7-25(9-12(10)13)16-3-1-2-15(24-16)18(20,21)22/h1-3,10-14H,4-9H2,(H2,23,27)/t10-,11-,12+,13+,14+/m1/s1. The van der Waals surface area contributed by atoms with Crippen molar-refractivity contribution in [1.82, 2.24) is 9.88 Å². The van der Waals surface area contributed by atoms with Crippen LogP contribution in [0, 0.1) is 11.8 Å². The van der Waals surface area contributed by atoms with E-state index in [2.05, 4.69) is 4.98 Å². The van der Waals surface area contributed by atoms with Crippen LogP contribution in [0.5, 0.6) is 0 Å². The van der Waals surface area contributed by atoms with Gasteiger partial charge in [-0.2, -0.15) is 13.2 Å². The Balaban J connectivity index is 1.51. The highest BCUT2D eigenvalue weighted by Gasteiger charge is 2.50. The number of halogens is 4. The number of rotatable bonds is 3. The molecule has 0 radical (unpaired) electrons. The number of nitrogens with two attached hydrogens (primary N) is 1. The molecule has 1 aromatic heterocycles. The maximum atomic E-state index is 13.9. The zero-order valence-corrected chi connectivity index (χ0v) is 14.7. The number of primary amides is 1. The quantitative estimate of drug-likeness (QED) is 0.810. The Kier molecular flexibility index (Phi) is 4.52. The molecule has 1 saturated carbocycles. The van der Waals surface area contributed by atoms with Crippen molar-refractivity contribution >= 4 is 11.7 Å². The molecule has 4 rings (SSSR count). The Hall–Kier alpha value is -1.90. The summed E-state index contributed by atoms with van der Waals surface area (Å²) in [6.45, 7) is 1.38. The molecule has 9 heteroatoms. The van der Waals surface area contributed by atoms with Gasteiger partial charge >= 0.3 is 6.18 Å². The Bertz CT molecular complexity index is 728. The molecule has 5 atom stereocenters. The van der Waals surface area contributed by atoms with Crippen LogP contribution in [0.2, 0.25) is 0 Å². The Morgan fingerprint density at radius 2 is 1.96 bits per heavy atom. The number of carbonyl (C=O) groups excluding carboxylic acids is 1. The van der Waals surface area contributed by atoms with Crippen LogP contribution in [0.15, 0.2) is 18.2 Å². The van der Waals surface area contributed by atoms with E-state index in [-0.39, 0.29) is 24.9 Å². The minimum Gasteiger partial charge on any atom is -0.368 e. The van der Waals surface area contributed by atoms with Gasteiger partial charge in [-0.25, -0.2) is 9.37 Å². The first-order valence-electron chi connectivity index (χ1n) is 9.22. The largest absolute Gasteiger partial charge is 0.433 e. The fraction of sp³-hybridized carbons (Fsp3) is 0.667. The van der Waals surface area contributed by atoms with Gasteiger partial charge in [-0.3, -0.25) is 9.69 Å². The third-order valence-corrected chi connectivity index (χ3v) is 6.21. The molecule has 148 valence electrons. The maximum Gasteiger partial charge on any atom is 0.433 e. The average molecular weight is 386 g/mol. The lowest BCUT2D eigenvalue weighted by Gasteiger charge is -2.32. The van der Waals surface area contributed by atoms with E-state index in [0.29, 0.717) is 24.8 Å². The maximum absolute atomic E-state index is 13.9. The molecule has 2 N–H and O–H groups in total. The van der Waals surface area contributed by atoms with E-state index in [1.54, 1.807) is 6.07 Å². The number of anilines is 1. The number of fused-ring (bicyclic) bond motifs is 1. The summed E-state index contributed by atoms with van der Waals surface area (Å²) in [6.07, 6.45) is -3.65. The number of likely N-dealkylation sites (tertiary alicyclic amines) is 1. The summed E-state index contributed by atoms with van der Waals surface area (Å²) in [5, 5.41) is 0. The monoisotopic (exact) mass is 386 g/mol. The van der Waals surface area contributed by atoms with E-state index < -0.39 is 30.0 Å². The molecular formula is C18H22F4N4O. The highest BCUT2D eigenvalue weighted by molar-refractivity contribution is 5.80. The molecule has 5 nitrogen and oxygen atoms in total. The molecule has 0 unspecified atom stereocenters. The van der Waals surface area contributed by atoms with Crippen molar-refractivity contribution in [3.05, 3.63) is 23.9 Å². The van der Waals surface area contributed by atoms with Crippen molar-refractivity contribution in [2.45, 2.75) is 43.7 Å². The van der Waals surface area contributed by atoms with Gasteiger partial charge in [0.25, 0.3) is 0 Å². The molecule has 3 heterocycles. The predicted molar refractivity (Wildman–Crippen MR) is 90.7 cm³/mol. The number of nitrogens with zero attached hydrogens (tertiary/aromatic N) is 3. The summed E-state index contributed by atoms with van der Waals surface area (Å²) < 4.78 is 52.7. The van der Waals surface area contributed by atoms with Crippen molar-refractivity contribution in [2.24, 2.45) is 17.6 Å². The van der Waals surface area contributed by atoms with Crippen LogP contribution in [0.25, 0.3) is 0 Å². The number of amides is 1. The molecule has 27 heavy (non-hydrogen) atoms. The Morgan fingerprint density at radius 1 is 1.19 bits per heavy atom. The van der Waals surface area contributed by atoms with E-state index >= 15 is 0 Å². The highest BCUT2D eigenvalue weighted by atomic mass is 19.4. The molecule has 1 aliphatic carbocycles. The minimum absolute atomic E-state index is 0.0315. The fourth-order valence-electron chi connectivity index (χ4n) is 5.05. The number of pyridine rings is 1.